The van der Waals surface area contributed by atoms with E-state index in [2.05, 4.69) is 19.1 Å². The molecule has 0 radical (unpaired) electrons. The van der Waals surface area contributed by atoms with Crippen LogP contribution in [-0.4, -0.2) is 11.8 Å². The highest BCUT2D eigenvalue weighted by Gasteiger charge is 2.28. The maximum absolute atomic E-state index is 6.02. The second-order valence-corrected chi connectivity index (χ2v) is 6.78. The van der Waals surface area contributed by atoms with E-state index < -0.39 is 0 Å². The number of thioether (sulfide) groups is 1. The van der Waals surface area contributed by atoms with Crippen LogP contribution in [0, 0.1) is 11.8 Å². The molecule has 3 unspecified atom stereocenters. The van der Waals surface area contributed by atoms with Crippen LogP contribution in [0.2, 0.25) is 5.02 Å². The van der Waals surface area contributed by atoms with Gasteiger partial charge in [-0.25, -0.2) is 0 Å². The van der Waals surface area contributed by atoms with Crippen molar-refractivity contribution in [3.8, 4) is 0 Å². The lowest BCUT2D eigenvalue weighted by molar-refractivity contribution is 0.306. The molecule has 0 aliphatic heterocycles. The molecule has 3 atom stereocenters. The number of nitrogens with two attached hydrogens (primary N) is 1. The van der Waals surface area contributed by atoms with E-state index >= 15 is 0 Å². The maximum Gasteiger partial charge on any atom is 0.0417 e. The highest BCUT2D eigenvalue weighted by molar-refractivity contribution is 8.00. The van der Waals surface area contributed by atoms with Gasteiger partial charge in [0.15, 0.2) is 0 Å². The van der Waals surface area contributed by atoms with Gasteiger partial charge >= 0.3 is 0 Å². The zero-order valence-electron chi connectivity index (χ0n) is 10.2. The summed E-state index contributed by atoms with van der Waals surface area (Å²) in [5.74, 6) is 1.49. The van der Waals surface area contributed by atoms with Gasteiger partial charge in [-0.3, -0.25) is 0 Å². The summed E-state index contributed by atoms with van der Waals surface area (Å²) in [5, 5.41) is 1.48. The summed E-state index contributed by atoms with van der Waals surface area (Å²) in [6, 6.07) is 8.15. The third-order valence-electron chi connectivity index (χ3n) is 3.58. The van der Waals surface area contributed by atoms with Crippen LogP contribution in [0.15, 0.2) is 29.2 Å². The van der Waals surface area contributed by atoms with E-state index in [0.29, 0.717) is 11.2 Å². The van der Waals surface area contributed by atoms with Gasteiger partial charge in [-0.15, -0.1) is 11.8 Å². The van der Waals surface area contributed by atoms with E-state index in [-0.39, 0.29) is 0 Å². The highest BCUT2D eigenvalue weighted by Crippen LogP contribution is 2.39. The predicted molar refractivity (Wildman–Crippen MR) is 76.7 cm³/mol. The molecule has 1 fully saturated rings. The molecule has 94 valence electrons. The molecule has 1 aliphatic rings. The van der Waals surface area contributed by atoms with E-state index in [1.807, 2.05) is 23.9 Å². The van der Waals surface area contributed by atoms with Crippen LogP contribution in [0.1, 0.15) is 26.2 Å². The fraction of sp³-hybridized carbons (Fsp3) is 0.571. The minimum Gasteiger partial charge on any atom is -0.330 e. The molecular weight excluding hydrogens is 250 g/mol. The van der Waals surface area contributed by atoms with Crippen molar-refractivity contribution in [3.63, 3.8) is 0 Å². The van der Waals surface area contributed by atoms with Crippen molar-refractivity contribution in [3.05, 3.63) is 29.3 Å². The first-order chi connectivity index (χ1) is 8.19. The van der Waals surface area contributed by atoms with Gasteiger partial charge in [0.1, 0.15) is 0 Å². The molecule has 0 saturated heterocycles. The molecule has 2 rings (SSSR count). The van der Waals surface area contributed by atoms with Crippen molar-refractivity contribution in [2.75, 3.05) is 6.54 Å². The summed E-state index contributed by atoms with van der Waals surface area (Å²) >= 11 is 7.97. The van der Waals surface area contributed by atoms with Crippen LogP contribution >= 0.6 is 23.4 Å². The Morgan fingerprint density at radius 1 is 1.41 bits per heavy atom. The Morgan fingerprint density at radius 3 is 2.94 bits per heavy atom. The molecule has 17 heavy (non-hydrogen) atoms. The first-order valence-corrected chi connectivity index (χ1v) is 7.57. The number of halogens is 1. The number of hydrogen-bond donors (Lipinski definition) is 1. The molecule has 0 bridgehead atoms. The zero-order chi connectivity index (χ0) is 12.3. The summed E-state index contributed by atoms with van der Waals surface area (Å²) in [7, 11) is 0. The van der Waals surface area contributed by atoms with E-state index in [1.165, 1.54) is 24.2 Å². The van der Waals surface area contributed by atoms with Gasteiger partial charge < -0.3 is 5.73 Å². The molecule has 1 saturated carbocycles. The average molecular weight is 270 g/mol. The quantitative estimate of drug-likeness (QED) is 0.890. The van der Waals surface area contributed by atoms with Crippen molar-refractivity contribution in [2.45, 2.75) is 36.3 Å². The lowest BCUT2D eigenvalue weighted by Crippen LogP contribution is -2.31. The van der Waals surface area contributed by atoms with Crippen molar-refractivity contribution in [1.29, 1.82) is 0 Å². The van der Waals surface area contributed by atoms with Crippen LogP contribution in [0.25, 0.3) is 0 Å². The lowest BCUT2D eigenvalue weighted by atomic mass is 9.82. The van der Waals surface area contributed by atoms with E-state index in [0.717, 1.165) is 17.5 Å². The van der Waals surface area contributed by atoms with Crippen LogP contribution < -0.4 is 5.73 Å². The minimum absolute atomic E-state index is 0.655. The summed E-state index contributed by atoms with van der Waals surface area (Å²) in [4.78, 5) is 1.27. The van der Waals surface area contributed by atoms with Crippen LogP contribution in [0.3, 0.4) is 0 Å². The number of benzene rings is 1. The van der Waals surface area contributed by atoms with Crippen molar-refractivity contribution >= 4 is 23.4 Å². The largest absolute Gasteiger partial charge is 0.330 e. The van der Waals surface area contributed by atoms with Gasteiger partial charge in [-0.05, 0) is 49.4 Å². The highest BCUT2D eigenvalue weighted by atomic mass is 35.5. The van der Waals surface area contributed by atoms with Gasteiger partial charge in [0.25, 0.3) is 0 Å². The molecule has 1 nitrogen and oxygen atoms in total. The molecule has 0 heterocycles. The third-order valence-corrected chi connectivity index (χ3v) is 5.22. The lowest BCUT2D eigenvalue weighted by Gasteiger charge is -2.33. The second kappa shape index (κ2) is 6.12. The standard InChI is InChI=1S/C14H20ClNS/c1-10-5-6-11(9-16)14(7-10)17-13-4-2-3-12(15)8-13/h2-4,8,10-11,14H,5-7,9,16H2,1H3. The summed E-state index contributed by atoms with van der Waals surface area (Å²) < 4.78 is 0. The topological polar surface area (TPSA) is 26.0 Å². The fourth-order valence-corrected chi connectivity index (χ4v) is 4.34. The summed E-state index contributed by atoms with van der Waals surface area (Å²) in [5.41, 5.74) is 5.88. The maximum atomic E-state index is 6.02. The smallest absolute Gasteiger partial charge is 0.0417 e. The minimum atomic E-state index is 0.655. The van der Waals surface area contributed by atoms with Gasteiger partial charge in [-0.1, -0.05) is 31.0 Å². The number of hydrogen-bond acceptors (Lipinski definition) is 2. The van der Waals surface area contributed by atoms with Crippen LogP contribution in [0.4, 0.5) is 0 Å². The van der Waals surface area contributed by atoms with Crippen LogP contribution in [-0.2, 0) is 0 Å². The zero-order valence-corrected chi connectivity index (χ0v) is 11.8. The molecule has 0 spiro atoms. The molecule has 3 heteroatoms. The summed E-state index contributed by atoms with van der Waals surface area (Å²) in [6.45, 7) is 3.16. The molecule has 0 aromatic heterocycles. The molecule has 1 aromatic carbocycles. The van der Waals surface area contributed by atoms with Crippen molar-refractivity contribution in [2.24, 2.45) is 17.6 Å². The Balaban J connectivity index is 2.04. The van der Waals surface area contributed by atoms with Crippen molar-refractivity contribution < 1.29 is 0 Å². The van der Waals surface area contributed by atoms with Crippen LogP contribution in [0.5, 0.6) is 0 Å². The Hall–Kier alpha value is -0.180. The molecular formula is C14H20ClNS. The molecule has 1 aromatic rings. The van der Waals surface area contributed by atoms with E-state index in [9.17, 15) is 0 Å². The van der Waals surface area contributed by atoms with E-state index in [1.54, 1.807) is 0 Å². The Bertz CT molecular complexity index is 369. The van der Waals surface area contributed by atoms with Gasteiger partial charge in [0.2, 0.25) is 0 Å². The third kappa shape index (κ3) is 3.64. The Labute approximate surface area is 113 Å². The average Bonchev–Trinajstić information content (AvgIpc) is 2.29. The summed E-state index contributed by atoms with van der Waals surface area (Å²) in [6.07, 6.45) is 3.88. The Kier molecular flexibility index (Phi) is 4.78. The second-order valence-electron chi connectivity index (χ2n) is 5.03. The fourth-order valence-electron chi connectivity index (χ4n) is 2.52. The molecule has 2 N–H and O–H groups in total. The normalized spacial score (nSPS) is 29.2. The first-order valence-electron chi connectivity index (χ1n) is 6.31. The molecule has 1 aliphatic carbocycles. The van der Waals surface area contributed by atoms with Gasteiger partial charge in [0, 0.05) is 15.2 Å². The number of rotatable bonds is 3. The van der Waals surface area contributed by atoms with Gasteiger partial charge in [0.05, 0.1) is 0 Å². The monoisotopic (exact) mass is 269 g/mol. The van der Waals surface area contributed by atoms with Crippen molar-refractivity contribution in [1.82, 2.24) is 0 Å². The first kappa shape index (κ1) is 13.3. The molecule has 0 amide bonds. The van der Waals surface area contributed by atoms with Gasteiger partial charge in [-0.2, -0.15) is 0 Å². The predicted octanol–water partition coefficient (Wildman–Crippen LogP) is 4.20. The van der Waals surface area contributed by atoms with E-state index in [4.69, 9.17) is 17.3 Å². The SMILES string of the molecule is CC1CCC(CN)C(Sc2cccc(Cl)c2)C1. The Morgan fingerprint density at radius 2 is 2.24 bits per heavy atom.